The standard InChI is InChI=1S/C21H20N4O3/c1-14-6-4-9-18(12-14)25-21(27)19(15(2)23-25)10-11-22-20(26)16-7-5-8-17(13-16)24(3)28/h4-10,12-13H,11H2,1-3H3/p+1/b19-10+. The van der Waals surface area contributed by atoms with Gasteiger partial charge in [0.15, 0.2) is 7.05 Å². The maximum absolute atomic E-state index is 12.7. The quantitative estimate of drug-likeness (QED) is 0.642. The summed E-state index contributed by atoms with van der Waals surface area (Å²) < 4.78 is 0.690. The number of carbonyl (C=O) groups excluding carboxylic acids is 2. The van der Waals surface area contributed by atoms with Crippen LogP contribution in [0.5, 0.6) is 0 Å². The lowest BCUT2D eigenvalue weighted by molar-refractivity contribution is -0.428. The number of nitroso groups, excluding NO2 is 1. The Balaban J connectivity index is 1.68. The molecule has 0 aliphatic carbocycles. The van der Waals surface area contributed by atoms with Crippen LogP contribution in [0.4, 0.5) is 11.4 Å². The molecule has 0 fully saturated rings. The van der Waals surface area contributed by atoms with Gasteiger partial charge in [-0.05, 0) is 37.6 Å². The van der Waals surface area contributed by atoms with Crippen molar-refractivity contribution in [1.82, 2.24) is 5.32 Å². The molecule has 0 atom stereocenters. The predicted octanol–water partition coefficient (Wildman–Crippen LogP) is 3.11. The van der Waals surface area contributed by atoms with Crippen molar-refractivity contribution in [3.63, 3.8) is 0 Å². The van der Waals surface area contributed by atoms with Gasteiger partial charge in [0.25, 0.3) is 17.5 Å². The highest BCUT2D eigenvalue weighted by molar-refractivity contribution is 6.29. The summed E-state index contributed by atoms with van der Waals surface area (Å²) in [7, 11) is 1.37. The van der Waals surface area contributed by atoms with Crippen LogP contribution in [-0.2, 0) is 4.79 Å². The number of carbonyl (C=O) groups is 2. The summed E-state index contributed by atoms with van der Waals surface area (Å²) in [6.07, 6.45) is 1.65. The molecule has 3 rings (SSSR count). The third-order valence-electron chi connectivity index (χ3n) is 4.35. The Morgan fingerprint density at radius 1 is 1.18 bits per heavy atom. The first-order valence-corrected chi connectivity index (χ1v) is 8.83. The van der Waals surface area contributed by atoms with Crippen LogP contribution in [0.2, 0.25) is 0 Å². The first-order valence-electron chi connectivity index (χ1n) is 8.83. The second kappa shape index (κ2) is 7.96. The molecule has 0 saturated carbocycles. The molecule has 2 aromatic rings. The van der Waals surface area contributed by atoms with Crippen LogP contribution in [0.25, 0.3) is 0 Å². The van der Waals surface area contributed by atoms with E-state index in [4.69, 9.17) is 0 Å². The molecule has 2 aromatic carbocycles. The van der Waals surface area contributed by atoms with Crippen LogP contribution in [0.1, 0.15) is 22.8 Å². The maximum atomic E-state index is 12.7. The summed E-state index contributed by atoms with van der Waals surface area (Å²) >= 11 is 0. The number of rotatable bonds is 5. The van der Waals surface area contributed by atoms with Gasteiger partial charge in [-0.15, -0.1) is 0 Å². The lowest BCUT2D eigenvalue weighted by Gasteiger charge is -2.12. The molecule has 7 heteroatoms. The van der Waals surface area contributed by atoms with Gasteiger partial charge < -0.3 is 5.32 Å². The van der Waals surface area contributed by atoms with E-state index in [9.17, 15) is 14.5 Å². The van der Waals surface area contributed by atoms with Crippen molar-refractivity contribution in [2.45, 2.75) is 13.8 Å². The molecular weight excluding hydrogens is 356 g/mol. The Morgan fingerprint density at radius 2 is 1.93 bits per heavy atom. The number of benzene rings is 2. The van der Waals surface area contributed by atoms with Crippen LogP contribution >= 0.6 is 0 Å². The molecule has 142 valence electrons. The number of hydrazone groups is 1. The third kappa shape index (κ3) is 4.03. The average molecular weight is 377 g/mol. The van der Waals surface area contributed by atoms with E-state index in [0.717, 1.165) is 5.56 Å². The van der Waals surface area contributed by atoms with Gasteiger partial charge in [0.1, 0.15) is 0 Å². The van der Waals surface area contributed by atoms with E-state index in [0.29, 0.717) is 33.0 Å². The number of hydrogen-bond acceptors (Lipinski definition) is 4. The van der Waals surface area contributed by atoms with Crippen LogP contribution in [0.15, 0.2) is 65.3 Å². The average Bonchev–Trinajstić information content (AvgIpc) is 2.96. The normalized spacial score (nSPS) is 15.0. The number of amides is 2. The van der Waals surface area contributed by atoms with Crippen molar-refractivity contribution in [1.29, 1.82) is 0 Å². The first-order chi connectivity index (χ1) is 13.4. The highest BCUT2D eigenvalue weighted by Gasteiger charge is 2.28. The minimum Gasteiger partial charge on any atom is -0.349 e. The van der Waals surface area contributed by atoms with Crippen molar-refractivity contribution >= 4 is 28.9 Å². The van der Waals surface area contributed by atoms with E-state index in [2.05, 4.69) is 10.4 Å². The monoisotopic (exact) mass is 377 g/mol. The van der Waals surface area contributed by atoms with Crippen LogP contribution in [0.3, 0.4) is 0 Å². The van der Waals surface area contributed by atoms with Crippen molar-refractivity contribution in [2.24, 2.45) is 5.10 Å². The minimum atomic E-state index is -0.323. The van der Waals surface area contributed by atoms with E-state index in [1.165, 1.54) is 18.1 Å². The Labute approximate surface area is 162 Å². The Hall–Kier alpha value is -3.61. The van der Waals surface area contributed by atoms with Crippen LogP contribution in [-0.4, -0.2) is 35.9 Å². The molecule has 0 saturated heterocycles. The molecule has 28 heavy (non-hydrogen) atoms. The Kier molecular flexibility index (Phi) is 5.44. The van der Waals surface area contributed by atoms with Gasteiger partial charge in [0, 0.05) is 33.9 Å². The number of nitrogens with one attached hydrogen (secondary N) is 1. The van der Waals surface area contributed by atoms with Crippen molar-refractivity contribution in [3.05, 3.63) is 76.2 Å². The summed E-state index contributed by atoms with van der Waals surface area (Å²) in [5.74, 6) is -0.552. The zero-order chi connectivity index (χ0) is 20.3. The van der Waals surface area contributed by atoms with Crippen molar-refractivity contribution in [2.75, 3.05) is 18.6 Å². The summed E-state index contributed by atoms with van der Waals surface area (Å²) in [6.45, 7) is 3.88. The molecule has 1 aliphatic rings. The number of nitrogens with zero attached hydrogens (tertiary/aromatic N) is 3. The second-order valence-electron chi connectivity index (χ2n) is 6.52. The topological polar surface area (TPSA) is 81.8 Å². The van der Waals surface area contributed by atoms with Gasteiger partial charge in [-0.25, -0.2) is 0 Å². The fourth-order valence-corrected chi connectivity index (χ4v) is 2.88. The van der Waals surface area contributed by atoms with Crippen molar-refractivity contribution in [3.8, 4) is 0 Å². The molecule has 1 heterocycles. The van der Waals surface area contributed by atoms with Gasteiger partial charge in [0.2, 0.25) is 0 Å². The van der Waals surface area contributed by atoms with E-state index < -0.39 is 0 Å². The number of anilines is 1. The molecule has 1 aliphatic heterocycles. The van der Waals surface area contributed by atoms with E-state index >= 15 is 0 Å². The molecule has 0 spiro atoms. The molecular formula is C21H21N4O3+. The van der Waals surface area contributed by atoms with Crippen molar-refractivity contribution < 1.29 is 14.3 Å². The summed E-state index contributed by atoms with van der Waals surface area (Å²) in [6, 6.07) is 14.0. The van der Waals surface area contributed by atoms with Gasteiger partial charge in [-0.1, -0.05) is 24.3 Å². The van der Waals surface area contributed by atoms with Gasteiger partial charge in [0.05, 0.1) is 17.0 Å². The molecule has 1 N–H and O–H groups in total. The zero-order valence-electron chi connectivity index (χ0n) is 16.0. The number of aryl methyl sites for hydroxylation is 1. The SMILES string of the molecule is CC1=NN(c2cccc(C)c2)C(=O)/C1=C/CNC(=O)c1cccc([N+](C)=O)c1. The Bertz CT molecular complexity index is 1020. The van der Waals surface area contributed by atoms with Gasteiger partial charge >= 0.3 is 0 Å². The highest BCUT2D eigenvalue weighted by Crippen LogP contribution is 2.24. The fourth-order valence-electron chi connectivity index (χ4n) is 2.88. The highest BCUT2D eigenvalue weighted by atomic mass is 16.3. The van der Waals surface area contributed by atoms with E-state index in [-0.39, 0.29) is 18.4 Å². The molecule has 7 nitrogen and oxygen atoms in total. The van der Waals surface area contributed by atoms with Crippen LogP contribution < -0.4 is 10.3 Å². The fraction of sp³-hybridized carbons (Fsp3) is 0.190. The summed E-state index contributed by atoms with van der Waals surface area (Å²) in [5, 5.41) is 8.43. The molecule has 0 aromatic heterocycles. The predicted molar refractivity (Wildman–Crippen MR) is 108 cm³/mol. The lowest BCUT2D eigenvalue weighted by atomic mass is 10.1. The molecule has 0 radical (unpaired) electrons. The summed E-state index contributed by atoms with van der Waals surface area (Å²) in [4.78, 5) is 36.3. The molecule has 0 unspecified atom stereocenters. The Morgan fingerprint density at radius 3 is 2.64 bits per heavy atom. The van der Waals surface area contributed by atoms with Gasteiger partial charge in [-0.2, -0.15) is 10.1 Å². The molecule has 0 bridgehead atoms. The maximum Gasteiger partial charge on any atom is 0.280 e. The zero-order valence-corrected chi connectivity index (χ0v) is 16.0. The second-order valence-corrected chi connectivity index (χ2v) is 6.52. The third-order valence-corrected chi connectivity index (χ3v) is 4.35. The lowest BCUT2D eigenvalue weighted by Crippen LogP contribution is -2.25. The first kappa shape index (κ1) is 19.2. The van der Waals surface area contributed by atoms with Gasteiger partial charge in [-0.3, -0.25) is 9.59 Å². The number of hydrogen-bond donors (Lipinski definition) is 1. The van der Waals surface area contributed by atoms with E-state index in [1.807, 2.05) is 31.2 Å². The largest absolute Gasteiger partial charge is 0.349 e. The smallest absolute Gasteiger partial charge is 0.280 e. The minimum absolute atomic E-state index is 0.172. The van der Waals surface area contributed by atoms with E-state index in [1.54, 1.807) is 31.2 Å². The molecule has 2 amide bonds. The van der Waals surface area contributed by atoms with Crippen LogP contribution in [0, 0.1) is 11.8 Å². The summed E-state index contributed by atoms with van der Waals surface area (Å²) in [5.41, 5.74) is 3.56.